The van der Waals surface area contributed by atoms with Gasteiger partial charge in [0.15, 0.2) is 0 Å². The molecule has 9 nitrogen and oxygen atoms in total. The van der Waals surface area contributed by atoms with E-state index in [-0.39, 0.29) is 23.9 Å². The average Bonchev–Trinajstić information content (AvgIpc) is 3.16. The van der Waals surface area contributed by atoms with Gasteiger partial charge < -0.3 is 9.73 Å². The Morgan fingerprint density at radius 2 is 1.76 bits per heavy atom. The van der Waals surface area contributed by atoms with Crippen molar-refractivity contribution in [2.45, 2.75) is 12.5 Å². The summed E-state index contributed by atoms with van der Waals surface area (Å²) < 4.78 is 68.3. The van der Waals surface area contributed by atoms with Gasteiger partial charge in [-0.1, -0.05) is 12.1 Å². The molecule has 2 heterocycles. The van der Waals surface area contributed by atoms with E-state index in [0.29, 0.717) is 5.56 Å². The maximum atomic E-state index is 13.2. The Morgan fingerprint density at radius 3 is 2.31 bits per heavy atom. The highest BCUT2D eigenvalue weighted by Gasteiger charge is 2.18. The molecule has 29 heavy (non-hydrogen) atoms. The number of hydrogen-bond donors (Lipinski definition) is 2. The average molecular weight is 428 g/mol. The van der Waals surface area contributed by atoms with Gasteiger partial charge in [0.2, 0.25) is 16.0 Å². The van der Waals surface area contributed by atoms with Gasteiger partial charge in [-0.25, -0.2) is 27.5 Å². The molecule has 0 amide bonds. The zero-order chi connectivity index (χ0) is 21.0. The Kier molecular flexibility index (Phi) is 6.08. The van der Waals surface area contributed by atoms with E-state index in [9.17, 15) is 21.6 Å². The van der Waals surface area contributed by atoms with Crippen molar-refractivity contribution < 1.29 is 26.0 Å². The van der Waals surface area contributed by atoms with Crippen LogP contribution in [0.25, 0.3) is 11.5 Å². The normalized spacial score (nSPS) is 12.9. The van der Waals surface area contributed by atoms with Gasteiger partial charge in [-0.15, -0.1) is 10.2 Å². The molecular weight excluding hydrogens is 413 g/mol. The fraction of sp³-hybridized carbons (Fsp3) is 0.250. The molecule has 1 atom stereocenters. The van der Waals surface area contributed by atoms with Gasteiger partial charge in [-0.05, 0) is 17.7 Å². The number of aromatic nitrogens is 4. The van der Waals surface area contributed by atoms with Crippen molar-refractivity contribution in [3.63, 3.8) is 0 Å². The Morgan fingerprint density at radius 1 is 1.10 bits per heavy atom. The lowest BCUT2D eigenvalue weighted by atomic mass is 10.1. The summed E-state index contributed by atoms with van der Waals surface area (Å²) in [6.45, 7) is -0.0447. The molecule has 0 fully saturated rings. The highest BCUT2D eigenvalue weighted by molar-refractivity contribution is 7.88. The smallest absolute Gasteiger partial charge is 0.314 e. The Labute approximate surface area is 163 Å². The first-order chi connectivity index (χ1) is 13.7. The number of nitrogens with zero attached hydrogens (tertiary/aromatic N) is 4. The van der Waals surface area contributed by atoms with Crippen LogP contribution in [0.15, 0.2) is 41.1 Å². The van der Waals surface area contributed by atoms with E-state index in [1.807, 2.05) is 0 Å². The molecule has 0 unspecified atom stereocenters. The number of sulfonamides is 1. The minimum atomic E-state index is -3.47. The topological polar surface area (TPSA) is 123 Å². The van der Waals surface area contributed by atoms with Gasteiger partial charge in [-0.3, -0.25) is 0 Å². The third kappa shape index (κ3) is 5.71. The fourth-order valence-electron chi connectivity index (χ4n) is 2.29. The maximum Gasteiger partial charge on any atom is 0.314 e. The first kappa shape index (κ1) is 20.7. The third-order valence-corrected chi connectivity index (χ3v) is 4.34. The van der Waals surface area contributed by atoms with Crippen LogP contribution in [0.5, 0.6) is 0 Å². The van der Waals surface area contributed by atoms with Crippen LogP contribution in [0.1, 0.15) is 23.9 Å². The summed E-state index contributed by atoms with van der Waals surface area (Å²) in [5, 5.41) is 9.66. The SMILES string of the molecule is CS(=O)(=O)NC[C@H](Nc1ncc(-c2nnc(C(F)F)o2)cn1)c1ccc(F)cc1. The lowest BCUT2D eigenvalue weighted by Crippen LogP contribution is -2.31. The van der Waals surface area contributed by atoms with Crippen LogP contribution in [-0.2, 0) is 10.0 Å². The lowest BCUT2D eigenvalue weighted by molar-refractivity contribution is 0.116. The van der Waals surface area contributed by atoms with Gasteiger partial charge in [0.05, 0.1) is 17.9 Å². The van der Waals surface area contributed by atoms with Crippen molar-refractivity contribution in [1.29, 1.82) is 0 Å². The number of rotatable bonds is 8. The summed E-state index contributed by atoms with van der Waals surface area (Å²) in [5.41, 5.74) is 0.816. The first-order valence-electron chi connectivity index (χ1n) is 8.12. The van der Waals surface area contributed by atoms with Crippen molar-refractivity contribution in [2.75, 3.05) is 18.1 Å². The van der Waals surface area contributed by atoms with Gasteiger partial charge in [-0.2, -0.15) is 8.78 Å². The molecule has 2 N–H and O–H groups in total. The van der Waals surface area contributed by atoms with Crippen molar-refractivity contribution in [3.8, 4) is 11.5 Å². The van der Waals surface area contributed by atoms with Gasteiger partial charge >= 0.3 is 6.43 Å². The van der Waals surface area contributed by atoms with Gasteiger partial charge in [0, 0.05) is 18.9 Å². The predicted molar refractivity (Wildman–Crippen MR) is 95.9 cm³/mol. The van der Waals surface area contributed by atoms with Gasteiger partial charge in [0.1, 0.15) is 5.82 Å². The first-order valence-corrected chi connectivity index (χ1v) is 10.0. The van der Waals surface area contributed by atoms with Crippen LogP contribution < -0.4 is 10.0 Å². The fourth-order valence-corrected chi connectivity index (χ4v) is 2.76. The summed E-state index contributed by atoms with van der Waals surface area (Å²) in [7, 11) is -3.47. The second-order valence-electron chi connectivity index (χ2n) is 5.91. The number of nitrogens with one attached hydrogen (secondary N) is 2. The molecule has 0 saturated heterocycles. The number of anilines is 1. The van der Waals surface area contributed by atoms with Crippen molar-refractivity contribution in [3.05, 3.63) is 53.9 Å². The van der Waals surface area contributed by atoms with E-state index in [1.165, 1.54) is 36.7 Å². The highest BCUT2D eigenvalue weighted by atomic mass is 32.2. The summed E-state index contributed by atoms with van der Waals surface area (Å²) in [6.07, 6.45) is 0.683. The van der Waals surface area contributed by atoms with Crippen LogP contribution >= 0.6 is 0 Å². The quantitative estimate of drug-likeness (QED) is 0.560. The molecule has 0 aliphatic heterocycles. The van der Waals surface area contributed by atoms with Gasteiger partial charge in [0.25, 0.3) is 11.8 Å². The Balaban J connectivity index is 1.78. The molecule has 154 valence electrons. The van der Waals surface area contributed by atoms with E-state index >= 15 is 0 Å². The second kappa shape index (κ2) is 8.53. The van der Waals surface area contributed by atoms with E-state index in [0.717, 1.165) is 6.26 Å². The molecule has 3 rings (SSSR count). The Hall–Kier alpha value is -3.06. The molecule has 13 heteroatoms. The third-order valence-electron chi connectivity index (χ3n) is 3.65. The number of alkyl halides is 2. The molecule has 0 saturated carbocycles. The second-order valence-corrected chi connectivity index (χ2v) is 7.74. The minimum Gasteiger partial charge on any atom is -0.415 e. The molecule has 0 spiro atoms. The standard InChI is InChI=1S/C16H15F3N6O3S/c1-29(26,27)22-8-12(9-2-4-11(17)5-3-9)23-16-20-6-10(7-21-16)14-24-25-15(28-14)13(18)19/h2-7,12-13,22H,8H2,1H3,(H,20,21,23)/t12-/m0/s1. The zero-order valence-electron chi connectivity index (χ0n) is 14.9. The van der Waals surface area contributed by atoms with Crippen molar-refractivity contribution in [2.24, 2.45) is 0 Å². The molecule has 1 aromatic carbocycles. The minimum absolute atomic E-state index is 0.0447. The summed E-state index contributed by atoms with van der Waals surface area (Å²) in [4.78, 5) is 8.10. The summed E-state index contributed by atoms with van der Waals surface area (Å²) >= 11 is 0. The van der Waals surface area contributed by atoms with E-state index in [1.54, 1.807) is 0 Å². The van der Waals surface area contributed by atoms with Crippen LogP contribution in [0.4, 0.5) is 19.1 Å². The van der Waals surface area contributed by atoms with E-state index in [2.05, 4.69) is 30.2 Å². The molecule has 0 aliphatic rings. The van der Waals surface area contributed by atoms with Crippen molar-refractivity contribution in [1.82, 2.24) is 24.9 Å². The Bertz CT molecular complexity index is 1060. The van der Waals surface area contributed by atoms with Crippen LogP contribution in [0, 0.1) is 5.82 Å². The maximum absolute atomic E-state index is 13.2. The molecule has 0 aliphatic carbocycles. The van der Waals surface area contributed by atoms with Crippen LogP contribution in [-0.4, -0.2) is 41.4 Å². The number of halogens is 3. The number of hydrogen-bond acceptors (Lipinski definition) is 8. The van der Waals surface area contributed by atoms with E-state index in [4.69, 9.17) is 4.42 Å². The summed E-state index contributed by atoms with van der Waals surface area (Å²) in [6, 6.07) is 4.87. The molecule has 3 aromatic rings. The van der Waals surface area contributed by atoms with Crippen LogP contribution in [0.3, 0.4) is 0 Å². The molecular formula is C16H15F3N6O3S. The lowest BCUT2D eigenvalue weighted by Gasteiger charge is -2.19. The predicted octanol–water partition coefficient (Wildman–Crippen LogP) is 2.31. The molecule has 0 radical (unpaired) electrons. The largest absolute Gasteiger partial charge is 0.415 e. The zero-order valence-corrected chi connectivity index (χ0v) is 15.7. The monoisotopic (exact) mass is 428 g/mol. The number of benzene rings is 1. The molecule has 2 aromatic heterocycles. The summed E-state index contributed by atoms with van der Waals surface area (Å²) in [5.74, 6) is -1.30. The van der Waals surface area contributed by atoms with E-state index < -0.39 is 34.2 Å². The molecule has 0 bridgehead atoms. The highest BCUT2D eigenvalue weighted by Crippen LogP contribution is 2.23. The van der Waals surface area contributed by atoms with Crippen molar-refractivity contribution >= 4 is 16.0 Å². The van der Waals surface area contributed by atoms with Crippen LogP contribution in [0.2, 0.25) is 0 Å².